The molecule has 0 spiro atoms. The van der Waals surface area contributed by atoms with Gasteiger partial charge in [-0.1, -0.05) is 70.2 Å². The van der Waals surface area contributed by atoms with Crippen molar-refractivity contribution in [3.05, 3.63) is 76.1 Å². The maximum atomic E-state index is 13.5. The van der Waals surface area contributed by atoms with Crippen molar-refractivity contribution in [3.8, 4) is 11.8 Å². The molecule has 0 bridgehead atoms. The summed E-state index contributed by atoms with van der Waals surface area (Å²) in [6.07, 6.45) is -0.314. The zero-order valence-corrected chi connectivity index (χ0v) is 23.3. The topological polar surface area (TPSA) is 119 Å². The summed E-state index contributed by atoms with van der Waals surface area (Å²) in [5, 5.41) is 25.2. The Bertz CT molecular complexity index is 1380. The number of hydrogen-bond donors (Lipinski definition) is 2. The summed E-state index contributed by atoms with van der Waals surface area (Å²) in [5.41, 5.74) is 3.70. The number of carbonyl (C=O) groups excluding carboxylic acids is 1. The van der Waals surface area contributed by atoms with E-state index in [9.17, 15) is 14.7 Å². The molecule has 0 fully saturated rings. The van der Waals surface area contributed by atoms with E-state index in [2.05, 4.69) is 43.1 Å². The van der Waals surface area contributed by atoms with Crippen molar-refractivity contribution in [2.45, 2.75) is 47.0 Å². The summed E-state index contributed by atoms with van der Waals surface area (Å²) >= 11 is 0. The number of para-hydroxylation sites is 1. The second-order valence-corrected chi connectivity index (χ2v) is 10.8. The highest BCUT2D eigenvalue weighted by molar-refractivity contribution is 5.89. The number of carbonyl (C=O) groups is 1. The number of nitrogens with zero attached hydrogens (tertiary/aromatic N) is 3. The number of hydrogen-bond acceptors (Lipinski definition) is 7. The van der Waals surface area contributed by atoms with Gasteiger partial charge in [-0.05, 0) is 36.5 Å². The average Bonchev–Trinajstić information content (AvgIpc) is 2.88. The van der Waals surface area contributed by atoms with Gasteiger partial charge < -0.3 is 14.4 Å². The van der Waals surface area contributed by atoms with Gasteiger partial charge in [0.25, 0.3) is 5.91 Å². The third-order valence-electron chi connectivity index (χ3n) is 6.53. The number of nitrogens with one attached hydrogen (secondary N) is 1. The third-order valence-corrected chi connectivity index (χ3v) is 6.53. The van der Waals surface area contributed by atoms with Crippen molar-refractivity contribution in [1.82, 2.24) is 10.3 Å². The summed E-state index contributed by atoms with van der Waals surface area (Å²) in [6.45, 7) is 12.6. The second kappa shape index (κ2) is 13.7. The van der Waals surface area contributed by atoms with E-state index in [-0.39, 0.29) is 17.7 Å². The lowest BCUT2D eigenvalue weighted by atomic mass is 9.78. The maximum Gasteiger partial charge on any atom is 0.343 e. The molecule has 0 saturated heterocycles. The number of aromatic hydroxyl groups is 1. The molecule has 0 unspecified atom stereocenters. The molecule has 2 aromatic carbocycles. The normalized spacial score (nSPS) is 13.6. The van der Waals surface area contributed by atoms with Gasteiger partial charge >= 0.3 is 5.63 Å². The minimum absolute atomic E-state index is 0.124. The molecule has 1 aromatic heterocycles. The SMILES string of the molecule is C/C(=N/NC(=O)CC#N)[C@H](CN(CC(C)C)CC(C)C)[C@H](c1ccccc1)c1c(O)c2ccccc2oc1=O. The summed E-state index contributed by atoms with van der Waals surface area (Å²) < 4.78 is 5.70. The quantitative estimate of drug-likeness (QED) is 0.187. The van der Waals surface area contributed by atoms with Crippen LogP contribution >= 0.6 is 0 Å². The molecule has 206 valence electrons. The predicted octanol–water partition coefficient (Wildman–Crippen LogP) is 5.27. The Morgan fingerprint density at radius 1 is 1.03 bits per heavy atom. The fourth-order valence-corrected chi connectivity index (χ4v) is 5.04. The largest absolute Gasteiger partial charge is 0.507 e. The van der Waals surface area contributed by atoms with Crippen LogP contribution in [0.4, 0.5) is 0 Å². The van der Waals surface area contributed by atoms with E-state index in [1.54, 1.807) is 31.2 Å². The first-order chi connectivity index (χ1) is 18.6. The van der Waals surface area contributed by atoms with Crippen LogP contribution in [-0.4, -0.2) is 41.3 Å². The first kappa shape index (κ1) is 29.6. The standard InChI is InChI=1S/C31H38N4O4/c1-20(2)17-35(18-21(3)4)19-25(22(5)33-34-27(36)15-16-32)28(23-11-7-6-8-12-23)29-30(37)24-13-9-10-14-26(24)39-31(29)38/h6-14,20-21,25,28,37H,15,17-19H2,1-5H3,(H,34,36)/b33-22-/t25-,28-/m0/s1. The summed E-state index contributed by atoms with van der Waals surface area (Å²) in [7, 11) is 0. The maximum absolute atomic E-state index is 13.5. The summed E-state index contributed by atoms with van der Waals surface area (Å²) in [6, 6.07) is 18.2. The Labute approximate surface area is 229 Å². The Hall–Kier alpha value is -3.96. The Morgan fingerprint density at radius 2 is 1.64 bits per heavy atom. The smallest absolute Gasteiger partial charge is 0.343 e. The van der Waals surface area contributed by atoms with Gasteiger partial charge in [-0.3, -0.25) is 4.79 Å². The zero-order chi connectivity index (χ0) is 28.5. The van der Waals surface area contributed by atoms with Crippen LogP contribution in [0.15, 0.2) is 68.9 Å². The Kier molecular flexibility index (Phi) is 10.4. The monoisotopic (exact) mass is 530 g/mol. The van der Waals surface area contributed by atoms with Gasteiger partial charge in [-0.25, -0.2) is 10.2 Å². The molecule has 0 aliphatic carbocycles. The summed E-state index contributed by atoms with van der Waals surface area (Å²) in [5.74, 6) is -0.882. The van der Waals surface area contributed by atoms with Crippen molar-refractivity contribution in [3.63, 3.8) is 0 Å². The highest BCUT2D eigenvalue weighted by Crippen LogP contribution is 2.39. The van der Waals surface area contributed by atoms with E-state index in [1.165, 1.54) is 0 Å². The number of rotatable bonds is 12. The molecule has 3 rings (SSSR count). The van der Waals surface area contributed by atoms with Crippen molar-refractivity contribution in [2.75, 3.05) is 19.6 Å². The Morgan fingerprint density at radius 3 is 2.26 bits per heavy atom. The van der Waals surface area contributed by atoms with Gasteiger partial charge in [0.1, 0.15) is 17.8 Å². The van der Waals surface area contributed by atoms with E-state index in [0.29, 0.717) is 35.1 Å². The van der Waals surface area contributed by atoms with E-state index in [0.717, 1.165) is 18.7 Å². The number of nitriles is 1. The van der Waals surface area contributed by atoms with Crippen molar-refractivity contribution < 1.29 is 14.3 Å². The van der Waals surface area contributed by atoms with Crippen LogP contribution in [0, 0.1) is 29.1 Å². The minimum Gasteiger partial charge on any atom is -0.507 e. The molecule has 39 heavy (non-hydrogen) atoms. The number of fused-ring (bicyclic) bond motifs is 1. The van der Waals surface area contributed by atoms with Crippen LogP contribution < -0.4 is 11.1 Å². The van der Waals surface area contributed by atoms with E-state index in [4.69, 9.17) is 9.68 Å². The van der Waals surface area contributed by atoms with Crippen LogP contribution in [0.2, 0.25) is 0 Å². The van der Waals surface area contributed by atoms with Gasteiger partial charge in [0.2, 0.25) is 0 Å². The second-order valence-electron chi connectivity index (χ2n) is 10.8. The molecule has 8 nitrogen and oxygen atoms in total. The molecule has 2 atom stereocenters. The van der Waals surface area contributed by atoms with Gasteiger partial charge in [0.15, 0.2) is 0 Å². The molecular formula is C31H38N4O4. The molecule has 2 N–H and O–H groups in total. The molecule has 0 saturated carbocycles. The van der Waals surface area contributed by atoms with Crippen LogP contribution in [0.1, 0.15) is 58.1 Å². The zero-order valence-electron chi connectivity index (χ0n) is 23.3. The van der Waals surface area contributed by atoms with E-state index in [1.807, 2.05) is 36.4 Å². The van der Waals surface area contributed by atoms with Gasteiger partial charge in [-0.2, -0.15) is 10.4 Å². The molecule has 0 aliphatic heterocycles. The van der Waals surface area contributed by atoms with Gasteiger partial charge in [0.05, 0.1) is 17.0 Å². The lowest BCUT2D eigenvalue weighted by Gasteiger charge is -2.34. The van der Waals surface area contributed by atoms with Crippen LogP contribution in [0.5, 0.6) is 5.75 Å². The minimum atomic E-state index is -0.620. The van der Waals surface area contributed by atoms with Crippen molar-refractivity contribution in [1.29, 1.82) is 5.26 Å². The molecule has 1 heterocycles. The molecule has 8 heteroatoms. The van der Waals surface area contributed by atoms with Crippen molar-refractivity contribution in [2.24, 2.45) is 22.9 Å². The van der Waals surface area contributed by atoms with E-state index >= 15 is 0 Å². The number of benzene rings is 2. The average molecular weight is 531 g/mol. The van der Waals surface area contributed by atoms with E-state index < -0.39 is 23.4 Å². The molecule has 0 aliphatic rings. The Balaban J connectivity index is 2.25. The first-order valence-corrected chi connectivity index (χ1v) is 13.3. The van der Waals surface area contributed by atoms with Gasteiger partial charge in [0, 0.05) is 37.2 Å². The first-order valence-electron chi connectivity index (χ1n) is 13.3. The fraction of sp³-hybridized carbons (Fsp3) is 0.419. The van der Waals surface area contributed by atoms with Crippen LogP contribution in [0.25, 0.3) is 11.0 Å². The number of hydrazone groups is 1. The molecule has 3 aromatic rings. The lowest BCUT2D eigenvalue weighted by Crippen LogP contribution is -2.41. The van der Waals surface area contributed by atoms with Crippen molar-refractivity contribution >= 4 is 22.6 Å². The molecule has 1 amide bonds. The molecular weight excluding hydrogens is 492 g/mol. The third kappa shape index (κ3) is 7.78. The highest BCUT2D eigenvalue weighted by Gasteiger charge is 2.35. The molecule has 0 radical (unpaired) electrons. The van der Waals surface area contributed by atoms with Crippen LogP contribution in [0.3, 0.4) is 0 Å². The summed E-state index contributed by atoms with van der Waals surface area (Å²) in [4.78, 5) is 27.9. The fourth-order valence-electron chi connectivity index (χ4n) is 5.04. The van der Waals surface area contributed by atoms with Gasteiger partial charge in [-0.15, -0.1) is 0 Å². The van der Waals surface area contributed by atoms with Crippen LogP contribution in [-0.2, 0) is 4.79 Å². The predicted molar refractivity (Wildman–Crippen MR) is 154 cm³/mol. The number of amides is 1. The lowest BCUT2D eigenvalue weighted by molar-refractivity contribution is -0.120. The highest BCUT2D eigenvalue weighted by atomic mass is 16.4.